The van der Waals surface area contributed by atoms with Crippen molar-refractivity contribution in [2.45, 2.75) is 0 Å². The maximum absolute atomic E-state index is 3.66. The highest BCUT2D eigenvalue weighted by atomic mass is 14.9. The van der Waals surface area contributed by atoms with Gasteiger partial charge in [-0.1, -0.05) is 55.1 Å². The summed E-state index contributed by atoms with van der Waals surface area (Å²) in [4.78, 5) is 0. The molecule has 1 heteroatoms. The van der Waals surface area contributed by atoms with Gasteiger partial charge in [-0.05, 0) is 29.8 Å². The van der Waals surface area contributed by atoms with Crippen molar-refractivity contribution < 1.29 is 0 Å². The molecule has 2 aromatic carbocycles. The van der Waals surface area contributed by atoms with E-state index in [1.165, 1.54) is 0 Å². The summed E-state index contributed by atoms with van der Waals surface area (Å²) in [5.74, 6) is 0. The molecule has 0 aromatic heterocycles. The molecule has 0 aliphatic rings. The number of rotatable bonds is 4. The Kier molecular flexibility index (Phi) is 3.77. The van der Waals surface area contributed by atoms with E-state index in [0.29, 0.717) is 0 Å². The lowest BCUT2D eigenvalue weighted by molar-refractivity contribution is 1.54. The van der Waals surface area contributed by atoms with Gasteiger partial charge in [0.25, 0.3) is 0 Å². The van der Waals surface area contributed by atoms with E-state index >= 15 is 0 Å². The van der Waals surface area contributed by atoms with Gasteiger partial charge >= 0.3 is 0 Å². The van der Waals surface area contributed by atoms with Crippen LogP contribution < -0.4 is 5.32 Å². The van der Waals surface area contributed by atoms with E-state index in [0.717, 1.165) is 16.9 Å². The minimum absolute atomic E-state index is 1.09. The van der Waals surface area contributed by atoms with Crippen molar-refractivity contribution >= 4 is 17.5 Å². The molecule has 17 heavy (non-hydrogen) atoms. The molecule has 0 radical (unpaired) electrons. The largest absolute Gasteiger partial charge is 0.356 e. The first-order valence-electron chi connectivity index (χ1n) is 5.60. The molecule has 0 saturated heterocycles. The Morgan fingerprint density at radius 3 is 2.41 bits per heavy atom. The summed E-state index contributed by atoms with van der Waals surface area (Å²) in [5.41, 5.74) is 3.34. The van der Waals surface area contributed by atoms with Gasteiger partial charge in [0.05, 0.1) is 0 Å². The van der Waals surface area contributed by atoms with Gasteiger partial charge in [0.1, 0.15) is 0 Å². The lowest BCUT2D eigenvalue weighted by Crippen LogP contribution is -1.89. The smallest absolute Gasteiger partial charge is 0.0390 e. The Morgan fingerprint density at radius 1 is 0.882 bits per heavy atom. The predicted octanol–water partition coefficient (Wildman–Crippen LogP) is 4.63. The molecule has 1 nitrogen and oxygen atoms in total. The molecule has 2 rings (SSSR count). The zero-order chi connectivity index (χ0) is 11.9. The van der Waals surface area contributed by atoms with E-state index in [-0.39, 0.29) is 0 Å². The summed E-state index contributed by atoms with van der Waals surface area (Å²) in [6, 6.07) is 18.4. The standard InChI is InChI=1S/C16H15N/c1-2-3-8-14-9-7-12-16(13-14)17-15-10-5-4-6-11-15/h2-13,17H,1H2/b8-3-. The molecule has 0 spiro atoms. The number of nitrogens with one attached hydrogen (secondary N) is 1. The lowest BCUT2D eigenvalue weighted by atomic mass is 10.2. The highest BCUT2D eigenvalue weighted by Gasteiger charge is 1.94. The molecule has 0 amide bonds. The Morgan fingerprint density at radius 2 is 1.65 bits per heavy atom. The van der Waals surface area contributed by atoms with E-state index in [2.05, 4.69) is 30.1 Å². The van der Waals surface area contributed by atoms with Crippen molar-refractivity contribution in [2.75, 3.05) is 5.32 Å². The van der Waals surface area contributed by atoms with Crippen molar-refractivity contribution in [3.8, 4) is 0 Å². The summed E-state index contributed by atoms with van der Waals surface area (Å²) in [6.45, 7) is 3.66. The molecule has 0 unspecified atom stereocenters. The Balaban J connectivity index is 2.16. The summed E-state index contributed by atoms with van der Waals surface area (Å²) >= 11 is 0. The van der Waals surface area contributed by atoms with Gasteiger partial charge in [0.2, 0.25) is 0 Å². The first kappa shape index (κ1) is 11.2. The van der Waals surface area contributed by atoms with Gasteiger partial charge in [-0.15, -0.1) is 0 Å². The van der Waals surface area contributed by atoms with Crippen LogP contribution in [0.3, 0.4) is 0 Å². The summed E-state index contributed by atoms with van der Waals surface area (Å²) < 4.78 is 0. The second kappa shape index (κ2) is 5.71. The van der Waals surface area contributed by atoms with Crippen LogP contribution in [0.15, 0.2) is 73.3 Å². The average Bonchev–Trinajstić information content (AvgIpc) is 2.38. The van der Waals surface area contributed by atoms with Crippen LogP contribution in [0.25, 0.3) is 6.08 Å². The highest BCUT2D eigenvalue weighted by molar-refractivity contribution is 5.64. The average molecular weight is 221 g/mol. The molecule has 0 bridgehead atoms. The summed E-state index contributed by atoms with van der Waals surface area (Å²) in [6.07, 6.45) is 5.74. The summed E-state index contributed by atoms with van der Waals surface area (Å²) in [5, 5.41) is 3.36. The molecule has 0 aliphatic carbocycles. The lowest BCUT2D eigenvalue weighted by Gasteiger charge is -2.06. The first-order valence-corrected chi connectivity index (χ1v) is 5.60. The van der Waals surface area contributed by atoms with Crippen LogP contribution in [0.5, 0.6) is 0 Å². The zero-order valence-corrected chi connectivity index (χ0v) is 9.64. The second-order valence-corrected chi connectivity index (χ2v) is 3.71. The van der Waals surface area contributed by atoms with E-state index in [1.54, 1.807) is 6.08 Å². The number of anilines is 2. The first-order chi connectivity index (χ1) is 8.38. The van der Waals surface area contributed by atoms with Crippen molar-refractivity contribution in [1.29, 1.82) is 0 Å². The fraction of sp³-hybridized carbons (Fsp3) is 0. The van der Waals surface area contributed by atoms with Crippen LogP contribution in [-0.2, 0) is 0 Å². The Hall–Kier alpha value is -2.28. The van der Waals surface area contributed by atoms with Gasteiger partial charge in [-0.25, -0.2) is 0 Å². The van der Waals surface area contributed by atoms with Crippen molar-refractivity contribution in [3.63, 3.8) is 0 Å². The number of benzene rings is 2. The van der Waals surface area contributed by atoms with Crippen LogP contribution in [0.4, 0.5) is 11.4 Å². The van der Waals surface area contributed by atoms with E-state index in [4.69, 9.17) is 0 Å². The number of allylic oxidation sites excluding steroid dienone is 2. The van der Waals surface area contributed by atoms with Crippen molar-refractivity contribution in [3.05, 3.63) is 78.9 Å². The fourth-order valence-electron chi connectivity index (χ4n) is 1.59. The molecule has 0 atom stereocenters. The minimum Gasteiger partial charge on any atom is -0.356 e. The van der Waals surface area contributed by atoms with Crippen LogP contribution in [0, 0.1) is 0 Å². The predicted molar refractivity (Wildman–Crippen MR) is 75.4 cm³/mol. The molecule has 1 N–H and O–H groups in total. The second-order valence-electron chi connectivity index (χ2n) is 3.71. The molecule has 0 heterocycles. The SMILES string of the molecule is C=C/C=C\c1cccc(Nc2ccccc2)c1. The van der Waals surface area contributed by atoms with Gasteiger partial charge in [0, 0.05) is 11.4 Å². The van der Waals surface area contributed by atoms with Crippen LogP contribution >= 0.6 is 0 Å². The Bertz CT molecular complexity index is 512. The van der Waals surface area contributed by atoms with E-state index < -0.39 is 0 Å². The molecular formula is C16H15N. The van der Waals surface area contributed by atoms with Crippen LogP contribution in [-0.4, -0.2) is 0 Å². The third kappa shape index (κ3) is 3.35. The molecule has 2 aromatic rings. The number of hydrogen-bond acceptors (Lipinski definition) is 1. The van der Waals surface area contributed by atoms with Crippen LogP contribution in [0.1, 0.15) is 5.56 Å². The van der Waals surface area contributed by atoms with E-state index in [9.17, 15) is 0 Å². The molecule has 0 saturated carbocycles. The van der Waals surface area contributed by atoms with Gasteiger partial charge < -0.3 is 5.32 Å². The highest BCUT2D eigenvalue weighted by Crippen LogP contribution is 2.17. The van der Waals surface area contributed by atoms with Gasteiger partial charge in [0.15, 0.2) is 0 Å². The third-order valence-electron chi connectivity index (χ3n) is 2.37. The fourth-order valence-corrected chi connectivity index (χ4v) is 1.59. The van der Waals surface area contributed by atoms with Gasteiger partial charge in [-0.2, -0.15) is 0 Å². The maximum atomic E-state index is 3.66. The van der Waals surface area contributed by atoms with Crippen molar-refractivity contribution in [2.24, 2.45) is 0 Å². The minimum atomic E-state index is 1.09. The molecule has 0 fully saturated rings. The van der Waals surface area contributed by atoms with E-state index in [1.807, 2.05) is 48.6 Å². The number of hydrogen-bond donors (Lipinski definition) is 1. The monoisotopic (exact) mass is 221 g/mol. The quantitative estimate of drug-likeness (QED) is 0.742. The maximum Gasteiger partial charge on any atom is 0.0390 e. The Labute approximate surface area is 102 Å². The topological polar surface area (TPSA) is 12.0 Å². The normalized spacial score (nSPS) is 10.4. The van der Waals surface area contributed by atoms with Crippen molar-refractivity contribution in [1.82, 2.24) is 0 Å². The summed E-state index contributed by atoms with van der Waals surface area (Å²) in [7, 11) is 0. The van der Waals surface area contributed by atoms with Gasteiger partial charge in [-0.3, -0.25) is 0 Å². The molecule has 84 valence electrons. The zero-order valence-electron chi connectivity index (χ0n) is 9.64. The molecule has 0 aliphatic heterocycles. The molecular weight excluding hydrogens is 206 g/mol. The third-order valence-corrected chi connectivity index (χ3v) is 2.37. The number of para-hydroxylation sites is 1. The van der Waals surface area contributed by atoms with Crippen LogP contribution in [0.2, 0.25) is 0 Å².